The molecule has 34 heavy (non-hydrogen) atoms. The Morgan fingerprint density at radius 3 is 2.24 bits per heavy atom. The zero-order valence-electron chi connectivity index (χ0n) is 21.0. The minimum absolute atomic E-state index is 0.236. The van der Waals surface area contributed by atoms with Crippen molar-refractivity contribution in [1.82, 2.24) is 4.98 Å². The zero-order valence-corrected chi connectivity index (χ0v) is 21.0. The van der Waals surface area contributed by atoms with Crippen molar-refractivity contribution in [3.63, 3.8) is 0 Å². The van der Waals surface area contributed by atoms with Gasteiger partial charge in [-0.3, -0.25) is 4.98 Å². The van der Waals surface area contributed by atoms with Crippen LogP contribution in [0.1, 0.15) is 44.9 Å². The van der Waals surface area contributed by atoms with Crippen molar-refractivity contribution >= 4 is 10.8 Å². The van der Waals surface area contributed by atoms with Gasteiger partial charge in [0, 0.05) is 28.4 Å². The number of hydrogen-bond acceptors (Lipinski definition) is 3. The number of methoxy groups -OCH3 is 1. The van der Waals surface area contributed by atoms with Crippen molar-refractivity contribution in [2.24, 2.45) is 0 Å². The number of hydrogen-bond donors (Lipinski definition) is 0. The molecule has 3 aromatic carbocycles. The first-order chi connectivity index (χ1) is 16.5. The molecule has 176 valence electrons. The van der Waals surface area contributed by atoms with Gasteiger partial charge < -0.3 is 9.47 Å². The normalized spacial score (nSPS) is 13.1. The molecule has 4 aromatic rings. The molecule has 0 saturated heterocycles. The number of fused-ring (bicyclic) bond motifs is 1. The largest absolute Gasteiger partial charge is 0.495 e. The number of aromatic nitrogens is 1. The Morgan fingerprint density at radius 2 is 1.56 bits per heavy atom. The lowest BCUT2D eigenvalue weighted by Gasteiger charge is -2.18. The first-order valence-electron chi connectivity index (χ1n) is 12.3. The van der Waals surface area contributed by atoms with Gasteiger partial charge in [0.2, 0.25) is 0 Å². The van der Waals surface area contributed by atoms with Gasteiger partial charge in [-0.1, -0.05) is 67.1 Å². The van der Waals surface area contributed by atoms with Crippen molar-refractivity contribution < 1.29 is 9.47 Å². The van der Waals surface area contributed by atoms with Gasteiger partial charge in [0.05, 0.1) is 19.3 Å². The van der Waals surface area contributed by atoms with Crippen molar-refractivity contribution in [2.45, 2.75) is 59.2 Å². The summed E-state index contributed by atoms with van der Waals surface area (Å²) in [6.07, 6.45) is 5.42. The highest BCUT2D eigenvalue weighted by atomic mass is 16.5. The zero-order chi connectivity index (χ0) is 24.1. The van der Waals surface area contributed by atoms with Crippen LogP contribution in [0.25, 0.3) is 33.0 Å². The van der Waals surface area contributed by atoms with Gasteiger partial charge >= 0.3 is 0 Å². The third-order valence-corrected chi connectivity index (χ3v) is 6.56. The highest BCUT2D eigenvalue weighted by Gasteiger charge is 2.14. The SMILES string of the molecule is CC[C@@H](C)O[C@@H](C)CCc1ccc(-c2ccc3c(-c4ccc(C)cc4)cccc3c2OC)cn1. The third kappa shape index (κ3) is 5.31. The van der Waals surface area contributed by atoms with E-state index in [1.54, 1.807) is 7.11 Å². The van der Waals surface area contributed by atoms with E-state index < -0.39 is 0 Å². The molecular weight excluding hydrogens is 418 g/mol. The number of ether oxygens (including phenoxy) is 2. The molecule has 0 fully saturated rings. The van der Waals surface area contributed by atoms with Gasteiger partial charge in [0.1, 0.15) is 5.75 Å². The number of aryl methyl sites for hydroxylation is 2. The van der Waals surface area contributed by atoms with Crippen LogP contribution in [0.4, 0.5) is 0 Å². The second-order valence-corrected chi connectivity index (χ2v) is 9.16. The summed E-state index contributed by atoms with van der Waals surface area (Å²) in [6.45, 7) is 8.54. The molecule has 0 aliphatic rings. The highest BCUT2D eigenvalue weighted by Crippen LogP contribution is 2.40. The third-order valence-electron chi connectivity index (χ3n) is 6.56. The van der Waals surface area contributed by atoms with Gasteiger partial charge in [0.25, 0.3) is 0 Å². The van der Waals surface area contributed by atoms with E-state index in [0.29, 0.717) is 6.10 Å². The summed E-state index contributed by atoms with van der Waals surface area (Å²) in [5, 5.41) is 2.30. The Morgan fingerprint density at radius 1 is 0.794 bits per heavy atom. The molecule has 0 aliphatic carbocycles. The molecule has 4 rings (SSSR count). The van der Waals surface area contributed by atoms with Gasteiger partial charge in [-0.2, -0.15) is 0 Å². The summed E-state index contributed by atoms with van der Waals surface area (Å²) >= 11 is 0. The number of rotatable bonds is 9. The summed E-state index contributed by atoms with van der Waals surface area (Å²) in [6, 6.07) is 23.7. The van der Waals surface area contributed by atoms with Crippen molar-refractivity contribution in [3.8, 4) is 28.0 Å². The van der Waals surface area contributed by atoms with Crippen LogP contribution in [-0.4, -0.2) is 24.3 Å². The van der Waals surface area contributed by atoms with Crippen molar-refractivity contribution in [1.29, 1.82) is 0 Å². The summed E-state index contributed by atoms with van der Waals surface area (Å²) in [5.41, 5.74) is 6.89. The Hall–Kier alpha value is -3.17. The average molecular weight is 454 g/mol. The van der Waals surface area contributed by atoms with E-state index >= 15 is 0 Å². The van der Waals surface area contributed by atoms with E-state index in [-0.39, 0.29) is 6.10 Å². The molecule has 1 aromatic heterocycles. The molecular formula is C31H35NO2. The monoisotopic (exact) mass is 453 g/mol. The van der Waals surface area contributed by atoms with E-state index in [1.165, 1.54) is 22.1 Å². The van der Waals surface area contributed by atoms with E-state index in [1.807, 2.05) is 6.20 Å². The second kappa shape index (κ2) is 10.8. The van der Waals surface area contributed by atoms with Crippen LogP contribution in [0.3, 0.4) is 0 Å². The van der Waals surface area contributed by atoms with Crippen LogP contribution in [0.2, 0.25) is 0 Å². The molecule has 0 aliphatic heterocycles. The fraction of sp³-hybridized carbons (Fsp3) is 0.323. The first kappa shape index (κ1) is 24.0. The molecule has 0 spiro atoms. The molecule has 0 amide bonds. The minimum atomic E-state index is 0.236. The number of benzene rings is 3. The highest BCUT2D eigenvalue weighted by molar-refractivity contribution is 6.03. The van der Waals surface area contributed by atoms with Crippen LogP contribution in [-0.2, 0) is 11.2 Å². The molecule has 0 N–H and O–H groups in total. The van der Waals surface area contributed by atoms with Crippen LogP contribution in [0, 0.1) is 6.92 Å². The fourth-order valence-corrected chi connectivity index (χ4v) is 4.41. The Balaban J connectivity index is 1.60. The van der Waals surface area contributed by atoms with Crippen molar-refractivity contribution in [3.05, 3.63) is 84.2 Å². The topological polar surface area (TPSA) is 31.4 Å². The van der Waals surface area contributed by atoms with Crippen LogP contribution >= 0.6 is 0 Å². The summed E-state index contributed by atoms with van der Waals surface area (Å²) in [4.78, 5) is 4.74. The predicted octanol–water partition coefficient (Wildman–Crippen LogP) is 8.02. The predicted molar refractivity (Wildman–Crippen MR) is 143 cm³/mol. The van der Waals surface area contributed by atoms with E-state index in [9.17, 15) is 0 Å². The average Bonchev–Trinajstić information content (AvgIpc) is 2.87. The van der Waals surface area contributed by atoms with Crippen LogP contribution in [0.15, 0.2) is 72.9 Å². The standard InChI is InChI=1S/C31H35NO2/c1-6-22(3)34-23(4)12-16-26-17-15-25(20-32-26)28-18-19-29-27(24-13-10-21(2)11-14-24)8-7-9-30(29)31(28)33-5/h7-11,13-15,17-20,22-23H,6,12,16H2,1-5H3/t22-,23+/m1/s1. The molecule has 0 radical (unpaired) electrons. The van der Waals surface area contributed by atoms with E-state index in [0.717, 1.165) is 47.2 Å². The van der Waals surface area contributed by atoms with Gasteiger partial charge in [-0.05, 0) is 68.7 Å². The molecule has 3 nitrogen and oxygen atoms in total. The van der Waals surface area contributed by atoms with Gasteiger partial charge in [0.15, 0.2) is 0 Å². The van der Waals surface area contributed by atoms with Crippen LogP contribution in [0.5, 0.6) is 5.75 Å². The van der Waals surface area contributed by atoms with Gasteiger partial charge in [-0.25, -0.2) is 0 Å². The van der Waals surface area contributed by atoms with E-state index in [4.69, 9.17) is 14.5 Å². The lowest BCUT2D eigenvalue weighted by molar-refractivity contribution is 0.00266. The second-order valence-electron chi connectivity index (χ2n) is 9.16. The Bertz CT molecular complexity index is 1230. The minimum Gasteiger partial charge on any atom is -0.495 e. The maximum absolute atomic E-state index is 5.99. The number of pyridine rings is 1. The number of nitrogens with zero attached hydrogens (tertiary/aromatic N) is 1. The fourth-order valence-electron chi connectivity index (χ4n) is 4.41. The van der Waals surface area contributed by atoms with Crippen molar-refractivity contribution in [2.75, 3.05) is 7.11 Å². The molecule has 0 saturated carbocycles. The lowest BCUT2D eigenvalue weighted by Crippen LogP contribution is -2.17. The smallest absolute Gasteiger partial charge is 0.134 e. The summed E-state index contributed by atoms with van der Waals surface area (Å²) < 4.78 is 11.9. The first-order valence-corrected chi connectivity index (χ1v) is 12.3. The molecule has 0 bridgehead atoms. The molecule has 2 atom stereocenters. The Labute approximate surface area is 203 Å². The maximum Gasteiger partial charge on any atom is 0.134 e. The van der Waals surface area contributed by atoms with Crippen LogP contribution < -0.4 is 4.74 Å². The van der Waals surface area contributed by atoms with E-state index in [2.05, 4.69) is 94.4 Å². The van der Waals surface area contributed by atoms with Gasteiger partial charge in [-0.15, -0.1) is 0 Å². The summed E-state index contributed by atoms with van der Waals surface area (Å²) in [7, 11) is 1.75. The lowest BCUT2D eigenvalue weighted by atomic mass is 9.94. The molecule has 1 heterocycles. The quantitative estimate of drug-likeness (QED) is 0.257. The molecule has 0 unspecified atom stereocenters. The molecule has 3 heteroatoms. The Kier molecular flexibility index (Phi) is 7.64. The summed E-state index contributed by atoms with van der Waals surface area (Å²) in [5.74, 6) is 0.886. The maximum atomic E-state index is 5.99.